The van der Waals surface area contributed by atoms with Gasteiger partial charge in [-0.15, -0.1) is 0 Å². The molecule has 0 aromatic heterocycles. The fourth-order valence-electron chi connectivity index (χ4n) is 1.80. The fraction of sp³-hybridized carbons (Fsp3) is 0.0714. The van der Waals surface area contributed by atoms with Crippen LogP contribution in [0.15, 0.2) is 42.5 Å². The summed E-state index contributed by atoms with van der Waals surface area (Å²) in [7, 11) is 0. The van der Waals surface area contributed by atoms with Crippen LogP contribution in [-0.4, -0.2) is 5.91 Å². The molecule has 92 valence electrons. The van der Waals surface area contributed by atoms with Crippen molar-refractivity contribution >= 4 is 5.91 Å². The van der Waals surface area contributed by atoms with E-state index in [2.05, 4.69) is 5.43 Å². The van der Waals surface area contributed by atoms with E-state index in [1.165, 1.54) is 12.1 Å². The molecule has 0 saturated heterocycles. The van der Waals surface area contributed by atoms with Crippen LogP contribution in [0.25, 0.3) is 11.1 Å². The van der Waals surface area contributed by atoms with Crippen LogP contribution in [0.1, 0.15) is 15.9 Å². The van der Waals surface area contributed by atoms with Crippen molar-refractivity contribution in [2.45, 2.75) is 6.92 Å². The fourth-order valence-corrected chi connectivity index (χ4v) is 1.80. The highest BCUT2D eigenvalue weighted by Crippen LogP contribution is 2.25. The Kier molecular flexibility index (Phi) is 3.39. The van der Waals surface area contributed by atoms with Crippen molar-refractivity contribution in [3.63, 3.8) is 0 Å². The summed E-state index contributed by atoms with van der Waals surface area (Å²) < 4.78 is 12.9. The number of nitrogens with one attached hydrogen (secondary N) is 1. The first-order valence-electron chi connectivity index (χ1n) is 5.49. The lowest BCUT2D eigenvalue weighted by Gasteiger charge is -2.09. The van der Waals surface area contributed by atoms with E-state index in [0.717, 1.165) is 16.7 Å². The number of aryl methyl sites for hydroxylation is 1. The number of carbonyl (C=O) groups excluding carboxylic acids is 1. The van der Waals surface area contributed by atoms with Crippen LogP contribution in [0.3, 0.4) is 0 Å². The third-order valence-corrected chi connectivity index (χ3v) is 2.71. The molecule has 0 heterocycles. The van der Waals surface area contributed by atoms with E-state index in [0.29, 0.717) is 5.56 Å². The molecule has 2 rings (SSSR count). The molecule has 18 heavy (non-hydrogen) atoms. The van der Waals surface area contributed by atoms with Crippen molar-refractivity contribution in [3.05, 3.63) is 59.4 Å². The average Bonchev–Trinajstić information content (AvgIpc) is 2.38. The molecule has 4 heteroatoms. The summed E-state index contributed by atoms with van der Waals surface area (Å²) >= 11 is 0. The summed E-state index contributed by atoms with van der Waals surface area (Å²) in [5.41, 5.74) is 5.10. The van der Waals surface area contributed by atoms with E-state index in [1.54, 1.807) is 18.2 Å². The topological polar surface area (TPSA) is 55.1 Å². The standard InChI is InChI=1S/C14H13FN2O/c1-9-2-7-12(14(18)17-16)13(8-9)10-3-5-11(15)6-4-10/h2-8H,16H2,1H3,(H,17,18). The molecule has 0 aliphatic heterocycles. The van der Waals surface area contributed by atoms with Gasteiger partial charge in [-0.3, -0.25) is 10.2 Å². The van der Waals surface area contributed by atoms with Crippen LogP contribution in [0.4, 0.5) is 4.39 Å². The zero-order valence-corrected chi connectivity index (χ0v) is 9.91. The van der Waals surface area contributed by atoms with Gasteiger partial charge >= 0.3 is 0 Å². The van der Waals surface area contributed by atoms with Gasteiger partial charge in [0, 0.05) is 5.56 Å². The molecule has 0 spiro atoms. The minimum absolute atomic E-state index is 0.309. The normalized spacial score (nSPS) is 10.2. The molecule has 0 aliphatic carbocycles. The second-order valence-corrected chi connectivity index (χ2v) is 4.03. The predicted octanol–water partition coefficient (Wildman–Crippen LogP) is 2.40. The minimum Gasteiger partial charge on any atom is -0.290 e. The van der Waals surface area contributed by atoms with Gasteiger partial charge in [0.2, 0.25) is 0 Å². The zero-order valence-electron chi connectivity index (χ0n) is 9.91. The molecule has 0 unspecified atom stereocenters. The van der Waals surface area contributed by atoms with Gasteiger partial charge in [-0.05, 0) is 36.2 Å². The number of halogens is 1. The molecule has 0 saturated carbocycles. The second kappa shape index (κ2) is 4.98. The van der Waals surface area contributed by atoms with E-state index in [9.17, 15) is 9.18 Å². The van der Waals surface area contributed by atoms with E-state index in [1.807, 2.05) is 19.1 Å². The van der Waals surface area contributed by atoms with Crippen molar-refractivity contribution in [3.8, 4) is 11.1 Å². The van der Waals surface area contributed by atoms with Crippen molar-refractivity contribution in [1.29, 1.82) is 0 Å². The Balaban J connectivity index is 2.57. The highest BCUT2D eigenvalue weighted by atomic mass is 19.1. The lowest BCUT2D eigenvalue weighted by Crippen LogP contribution is -2.30. The van der Waals surface area contributed by atoms with Gasteiger partial charge < -0.3 is 0 Å². The number of amides is 1. The number of carbonyl (C=O) groups is 1. The molecular weight excluding hydrogens is 231 g/mol. The highest BCUT2D eigenvalue weighted by molar-refractivity contribution is 6.00. The van der Waals surface area contributed by atoms with Crippen molar-refractivity contribution in [2.75, 3.05) is 0 Å². The average molecular weight is 244 g/mol. The Morgan fingerprint density at radius 3 is 2.44 bits per heavy atom. The molecule has 0 aliphatic rings. The van der Waals surface area contributed by atoms with Gasteiger partial charge in [0.05, 0.1) is 0 Å². The molecule has 2 aromatic carbocycles. The molecule has 0 fully saturated rings. The zero-order chi connectivity index (χ0) is 13.1. The maximum Gasteiger partial charge on any atom is 0.265 e. The monoisotopic (exact) mass is 244 g/mol. The van der Waals surface area contributed by atoms with Crippen LogP contribution in [0.2, 0.25) is 0 Å². The lowest BCUT2D eigenvalue weighted by molar-refractivity contribution is 0.0954. The third kappa shape index (κ3) is 2.38. The summed E-state index contributed by atoms with van der Waals surface area (Å²) in [6.45, 7) is 1.93. The van der Waals surface area contributed by atoms with Gasteiger partial charge in [-0.1, -0.05) is 29.8 Å². The van der Waals surface area contributed by atoms with Gasteiger partial charge in [0.25, 0.3) is 5.91 Å². The first-order valence-corrected chi connectivity index (χ1v) is 5.49. The van der Waals surface area contributed by atoms with E-state index < -0.39 is 0 Å². The maximum atomic E-state index is 12.9. The largest absolute Gasteiger partial charge is 0.290 e. The van der Waals surface area contributed by atoms with Crippen LogP contribution in [-0.2, 0) is 0 Å². The maximum absolute atomic E-state index is 12.9. The molecule has 2 aromatic rings. The van der Waals surface area contributed by atoms with Crippen molar-refractivity contribution in [2.24, 2.45) is 5.84 Å². The number of hydrogen-bond donors (Lipinski definition) is 2. The van der Waals surface area contributed by atoms with Crippen molar-refractivity contribution in [1.82, 2.24) is 5.43 Å². The van der Waals surface area contributed by atoms with E-state index in [-0.39, 0.29) is 11.7 Å². The first-order chi connectivity index (χ1) is 8.61. The number of hydrazine groups is 1. The summed E-state index contributed by atoms with van der Waals surface area (Å²) in [4.78, 5) is 11.7. The molecule has 1 amide bonds. The first kappa shape index (κ1) is 12.3. The molecule has 0 radical (unpaired) electrons. The SMILES string of the molecule is Cc1ccc(C(=O)NN)c(-c2ccc(F)cc2)c1. The van der Waals surface area contributed by atoms with Crippen LogP contribution < -0.4 is 11.3 Å². The minimum atomic E-state index is -0.366. The Labute approximate surface area is 104 Å². The predicted molar refractivity (Wildman–Crippen MR) is 68.2 cm³/mol. The second-order valence-electron chi connectivity index (χ2n) is 4.03. The van der Waals surface area contributed by atoms with Gasteiger partial charge in [-0.2, -0.15) is 0 Å². The molecule has 0 atom stereocenters. The van der Waals surface area contributed by atoms with Crippen LogP contribution in [0, 0.1) is 12.7 Å². The quantitative estimate of drug-likeness (QED) is 0.484. The molecular formula is C14H13FN2O. The molecule has 0 bridgehead atoms. The van der Waals surface area contributed by atoms with E-state index in [4.69, 9.17) is 5.84 Å². The molecule has 3 N–H and O–H groups in total. The number of nitrogens with two attached hydrogens (primary N) is 1. The molecule has 3 nitrogen and oxygen atoms in total. The summed E-state index contributed by atoms with van der Waals surface area (Å²) in [5, 5.41) is 0. The van der Waals surface area contributed by atoms with Crippen LogP contribution >= 0.6 is 0 Å². The van der Waals surface area contributed by atoms with Crippen molar-refractivity contribution < 1.29 is 9.18 Å². The Bertz CT molecular complexity index is 579. The number of nitrogen functional groups attached to an aromatic ring is 1. The van der Waals surface area contributed by atoms with Crippen LogP contribution in [0.5, 0.6) is 0 Å². The number of rotatable bonds is 2. The Hall–Kier alpha value is -2.20. The summed E-state index contributed by atoms with van der Waals surface area (Å²) in [6.07, 6.45) is 0. The Morgan fingerprint density at radius 1 is 1.17 bits per heavy atom. The highest BCUT2D eigenvalue weighted by Gasteiger charge is 2.11. The number of hydrogen-bond acceptors (Lipinski definition) is 2. The number of benzene rings is 2. The van der Waals surface area contributed by atoms with Gasteiger partial charge in [-0.25, -0.2) is 10.2 Å². The van der Waals surface area contributed by atoms with Gasteiger partial charge in [0.15, 0.2) is 0 Å². The lowest BCUT2D eigenvalue weighted by atomic mass is 9.97. The Morgan fingerprint density at radius 2 is 1.83 bits per heavy atom. The summed E-state index contributed by atoms with van der Waals surface area (Å²) in [5.74, 6) is 4.48. The van der Waals surface area contributed by atoms with Gasteiger partial charge in [0.1, 0.15) is 5.82 Å². The summed E-state index contributed by atoms with van der Waals surface area (Å²) in [6, 6.07) is 11.4. The van der Waals surface area contributed by atoms with E-state index >= 15 is 0 Å². The smallest absolute Gasteiger partial charge is 0.265 e. The third-order valence-electron chi connectivity index (χ3n) is 2.71.